The van der Waals surface area contributed by atoms with Crippen LogP contribution in [0.25, 0.3) is 0 Å². The lowest BCUT2D eigenvalue weighted by molar-refractivity contribution is -0.156. The molecule has 2 aromatic rings. The number of amides is 1. The lowest BCUT2D eigenvalue weighted by Gasteiger charge is -2.48. The second kappa shape index (κ2) is 9.11. The number of hydrogen-bond acceptors (Lipinski definition) is 5. The van der Waals surface area contributed by atoms with Crippen LogP contribution in [0.15, 0.2) is 65.7 Å². The van der Waals surface area contributed by atoms with Gasteiger partial charge in [0.1, 0.15) is 6.17 Å². The van der Waals surface area contributed by atoms with E-state index in [-0.39, 0.29) is 18.2 Å². The van der Waals surface area contributed by atoms with Crippen LogP contribution in [0.3, 0.4) is 0 Å². The van der Waals surface area contributed by atoms with Crippen LogP contribution in [-0.4, -0.2) is 48.6 Å². The van der Waals surface area contributed by atoms with E-state index in [1.54, 1.807) is 17.0 Å². The van der Waals surface area contributed by atoms with Gasteiger partial charge in [-0.05, 0) is 23.6 Å². The van der Waals surface area contributed by atoms with Gasteiger partial charge in [0, 0.05) is 12.0 Å². The summed E-state index contributed by atoms with van der Waals surface area (Å²) in [6.45, 7) is 3.95. The van der Waals surface area contributed by atoms with Gasteiger partial charge in [-0.2, -0.15) is 0 Å². The van der Waals surface area contributed by atoms with Crippen molar-refractivity contribution >= 4 is 17.8 Å². The van der Waals surface area contributed by atoms with E-state index in [1.807, 2.05) is 62.4 Å². The minimum absolute atomic E-state index is 0.0390. The maximum atomic E-state index is 13.7. The monoisotopic (exact) mass is 408 g/mol. The lowest BCUT2D eigenvalue weighted by atomic mass is 9.82. The van der Waals surface area contributed by atoms with E-state index in [1.165, 1.54) is 14.2 Å². The smallest absolute Gasteiger partial charge is 0.332 e. The molecule has 0 unspecified atom stereocenters. The quantitative estimate of drug-likeness (QED) is 0.707. The first-order chi connectivity index (χ1) is 14.4. The third kappa shape index (κ3) is 4.08. The molecule has 0 aliphatic carbocycles. The fraction of sp³-hybridized carbons (Fsp3) is 0.375. The number of nitrogens with zero attached hydrogens (tertiary/aromatic N) is 2. The zero-order valence-corrected chi connectivity index (χ0v) is 17.9. The SMILES string of the molecule is COC(=O)[C@]1(Cc2ccccc2)CC(OC)=N[C@H](C(C)C)N1C(=O)c1ccccc1. The molecule has 6 heteroatoms. The summed E-state index contributed by atoms with van der Waals surface area (Å²) in [5.74, 6) is -0.338. The normalized spacial score (nSPS) is 21.2. The van der Waals surface area contributed by atoms with Crippen LogP contribution >= 0.6 is 0 Å². The van der Waals surface area contributed by atoms with Crippen molar-refractivity contribution in [1.82, 2.24) is 4.90 Å². The molecule has 1 amide bonds. The molecule has 30 heavy (non-hydrogen) atoms. The van der Waals surface area contributed by atoms with Crippen LogP contribution in [-0.2, 0) is 20.7 Å². The third-order valence-corrected chi connectivity index (χ3v) is 5.42. The summed E-state index contributed by atoms with van der Waals surface area (Å²) in [7, 11) is 2.89. The molecule has 0 saturated carbocycles. The molecule has 3 rings (SSSR count). The molecule has 0 aromatic heterocycles. The van der Waals surface area contributed by atoms with Crippen LogP contribution in [0.1, 0.15) is 36.2 Å². The Kier molecular flexibility index (Phi) is 6.55. The van der Waals surface area contributed by atoms with E-state index in [9.17, 15) is 9.59 Å². The van der Waals surface area contributed by atoms with Crippen molar-refractivity contribution in [2.45, 2.75) is 38.4 Å². The molecule has 0 bridgehead atoms. The number of carbonyl (C=O) groups is 2. The molecule has 1 heterocycles. The average Bonchev–Trinajstić information content (AvgIpc) is 2.78. The molecule has 2 aromatic carbocycles. The molecular weight excluding hydrogens is 380 g/mol. The topological polar surface area (TPSA) is 68.2 Å². The maximum absolute atomic E-state index is 13.7. The standard InChI is InChI=1S/C24H28N2O4/c1-17(2)21-25-20(29-3)16-24(23(28)30-4,15-18-11-7-5-8-12-18)26(21)22(27)19-13-9-6-10-14-19/h5-14,17,21H,15-16H2,1-4H3/t21-,24-/m0/s1. The van der Waals surface area contributed by atoms with Crippen molar-refractivity contribution in [2.75, 3.05) is 14.2 Å². The van der Waals surface area contributed by atoms with Crippen LogP contribution in [0.5, 0.6) is 0 Å². The number of rotatable bonds is 5. The predicted molar refractivity (Wildman–Crippen MR) is 115 cm³/mol. The Morgan fingerprint density at radius 1 is 1.07 bits per heavy atom. The molecule has 0 saturated heterocycles. The van der Waals surface area contributed by atoms with E-state index in [4.69, 9.17) is 9.47 Å². The fourth-order valence-electron chi connectivity index (χ4n) is 3.96. The van der Waals surface area contributed by atoms with Gasteiger partial charge < -0.3 is 9.47 Å². The second-order valence-electron chi connectivity index (χ2n) is 7.79. The molecule has 158 valence electrons. The van der Waals surface area contributed by atoms with Gasteiger partial charge in [-0.25, -0.2) is 9.79 Å². The lowest BCUT2D eigenvalue weighted by Crippen LogP contribution is -2.66. The Bertz CT molecular complexity index is 911. The zero-order valence-electron chi connectivity index (χ0n) is 17.9. The highest BCUT2D eigenvalue weighted by Gasteiger charge is 2.54. The number of carbonyl (C=O) groups excluding carboxylic acids is 2. The number of hydrogen-bond donors (Lipinski definition) is 0. The van der Waals surface area contributed by atoms with E-state index < -0.39 is 17.7 Å². The Hall–Kier alpha value is -3.15. The summed E-state index contributed by atoms with van der Waals surface area (Å²) in [5.41, 5.74) is 0.152. The largest absolute Gasteiger partial charge is 0.484 e. The first-order valence-corrected chi connectivity index (χ1v) is 10.0. The highest BCUT2D eigenvalue weighted by Crippen LogP contribution is 2.37. The molecule has 0 N–H and O–H groups in total. The second-order valence-corrected chi connectivity index (χ2v) is 7.79. The first-order valence-electron chi connectivity index (χ1n) is 10.0. The van der Waals surface area contributed by atoms with Crippen molar-refractivity contribution in [3.63, 3.8) is 0 Å². The number of ether oxygens (including phenoxy) is 2. The molecule has 1 aliphatic rings. The number of aliphatic imine (C=N–C) groups is 1. The van der Waals surface area contributed by atoms with Gasteiger partial charge in [0.2, 0.25) is 0 Å². The summed E-state index contributed by atoms with van der Waals surface area (Å²) >= 11 is 0. The van der Waals surface area contributed by atoms with Crippen molar-refractivity contribution < 1.29 is 19.1 Å². The van der Waals surface area contributed by atoms with Crippen LogP contribution < -0.4 is 0 Å². The van der Waals surface area contributed by atoms with Crippen LogP contribution in [0.2, 0.25) is 0 Å². The van der Waals surface area contributed by atoms with Crippen molar-refractivity contribution in [3.8, 4) is 0 Å². The third-order valence-electron chi connectivity index (χ3n) is 5.42. The highest BCUT2D eigenvalue weighted by atomic mass is 16.5. The molecule has 1 aliphatic heterocycles. The molecule has 0 radical (unpaired) electrons. The van der Waals surface area contributed by atoms with Gasteiger partial charge in [0.05, 0.1) is 20.6 Å². The zero-order chi connectivity index (χ0) is 21.7. The van der Waals surface area contributed by atoms with Crippen LogP contribution in [0.4, 0.5) is 0 Å². The van der Waals surface area contributed by atoms with Gasteiger partial charge >= 0.3 is 5.97 Å². The van der Waals surface area contributed by atoms with Gasteiger partial charge in [-0.1, -0.05) is 62.4 Å². The van der Waals surface area contributed by atoms with E-state index in [2.05, 4.69) is 4.99 Å². The van der Waals surface area contributed by atoms with E-state index >= 15 is 0 Å². The Balaban J connectivity index is 2.21. The van der Waals surface area contributed by atoms with Crippen molar-refractivity contribution in [3.05, 3.63) is 71.8 Å². The van der Waals surface area contributed by atoms with Gasteiger partial charge in [-0.3, -0.25) is 9.69 Å². The number of benzene rings is 2. The fourth-order valence-corrected chi connectivity index (χ4v) is 3.96. The van der Waals surface area contributed by atoms with Crippen molar-refractivity contribution in [2.24, 2.45) is 10.9 Å². The summed E-state index contributed by atoms with van der Waals surface area (Å²) in [6.07, 6.45) is -0.124. The summed E-state index contributed by atoms with van der Waals surface area (Å²) < 4.78 is 10.8. The van der Waals surface area contributed by atoms with Crippen LogP contribution in [0, 0.1) is 5.92 Å². The minimum atomic E-state index is -1.27. The Morgan fingerprint density at radius 2 is 1.67 bits per heavy atom. The summed E-state index contributed by atoms with van der Waals surface area (Å²) in [5, 5.41) is 0. The minimum Gasteiger partial charge on any atom is -0.484 e. The van der Waals surface area contributed by atoms with Crippen molar-refractivity contribution in [1.29, 1.82) is 0 Å². The molecular formula is C24H28N2O4. The van der Waals surface area contributed by atoms with E-state index in [0.717, 1.165) is 5.56 Å². The summed E-state index contributed by atoms with van der Waals surface area (Å²) in [4.78, 5) is 33.4. The average molecular weight is 408 g/mol. The number of esters is 1. The molecule has 2 atom stereocenters. The summed E-state index contributed by atoms with van der Waals surface area (Å²) in [6, 6.07) is 18.6. The molecule has 6 nitrogen and oxygen atoms in total. The predicted octanol–water partition coefficient (Wildman–Crippen LogP) is 3.71. The van der Waals surface area contributed by atoms with E-state index in [0.29, 0.717) is 17.9 Å². The van der Waals surface area contributed by atoms with Gasteiger partial charge in [-0.15, -0.1) is 0 Å². The first kappa shape index (κ1) is 21.6. The molecule has 0 fully saturated rings. The maximum Gasteiger partial charge on any atom is 0.332 e. The molecule has 0 spiro atoms. The number of methoxy groups -OCH3 is 2. The Morgan fingerprint density at radius 3 is 2.20 bits per heavy atom. The van der Waals surface area contributed by atoms with Gasteiger partial charge in [0.25, 0.3) is 5.91 Å². The Labute approximate surface area is 177 Å². The van der Waals surface area contributed by atoms with Gasteiger partial charge in [0.15, 0.2) is 11.4 Å². The highest BCUT2D eigenvalue weighted by molar-refractivity contribution is 6.01.